The molecular formula is C9H14ClN3. The summed E-state index contributed by atoms with van der Waals surface area (Å²) in [7, 11) is 0. The topological polar surface area (TPSA) is 50.9 Å². The average Bonchev–Trinajstić information content (AvgIpc) is 2.11. The average molecular weight is 200 g/mol. The number of nitrogens with two attached hydrogens (primary N) is 1. The van der Waals surface area contributed by atoms with Crippen molar-refractivity contribution < 1.29 is 0 Å². The lowest BCUT2D eigenvalue weighted by Crippen LogP contribution is -2.14. The highest BCUT2D eigenvalue weighted by atomic mass is 35.5. The van der Waals surface area contributed by atoms with Gasteiger partial charge in [0.05, 0.1) is 5.02 Å². The Labute approximate surface area is 83.3 Å². The van der Waals surface area contributed by atoms with Crippen molar-refractivity contribution >= 4 is 17.4 Å². The molecule has 0 radical (unpaired) electrons. The van der Waals surface area contributed by atoms with Gasteiger partial charge in [0.2, 0.25) is 0 Å². The Hall–Kier alpha value is -0.800. The Morgan fingerprint density at radius 2 is 2.38 bits per heavy atom. The summed E-state index contributed by atoms with van der Waals surface area (Å²) in [5.74, 6) is 0.512. The Kier molecular flexibility index (Phi) is 3.99. The highest BCUT2D eigenvalue weighted by Gasteiger charge is 2.00. The number of rotatable bonds is 4. The minimum Gasteiger partial charge on any atom is -0.384 e. The van der Waals surface area contributed by atoms with Crippen LogP contribution in [0.25, 0.3) is 0 Å². The molecule has 4 heteroatoms. The molecule has 1 aromatic rings. The number of anilines is 1. The normalized spacial score (nSPS) is 10.3. The molecular weight excluding hydrogens is 186 g/mol. The van der Waals surface area contributed by atoms with Crippen molar-refractivity contribution in [3.63, 3.8) is 0 Å². The first-order chi connectivity index (χ1) is 6.24. The van der Waals surface area contributed by atoms with Gasteiger partial charge in [0, 0.05) is 12.7 Å². The monoisotopic (exact) mass is 199 g/mol. The molecule has 0 amide bonds. The molecule has 1 rings (SSSR count). The van der Waals surface area contributed by atoms with E-state index < -0.39 is 0 Å². The largest absolute Gasteiger partial charge is 0.384 e. The number of nitrogen functional groups attached to an aromatic ring is 1. The van der Waals surface area contributed by atoms with Gasteiger partial charge in [-0.05, 0) is 24.6 Å². The van der Waals surface area contributed by atoms with Gasteiger partial charge in [-0.1, -0.05) is 18.5 Å². The summed E-state index contributed by atoms with van der Waals surface area (Å²) >= 11 is 5.92. The molecule has 0 atom stereocenters. The fourth-order valence-electron chi connectivity index (χ4n) is 1.03. The molecule has 1 aromatic heterocycles. The van der Waals surface area contributed by atoms with Crippen LogP contribution in [0.2, 0.25) is 5.02 Å². The number of nitrogens with zero attached hydrogens (tertiary/aromatic N) is 1. The number of hydrogen-bond donors (Lipinski definition) is 2. The van der Waals surface area contributed by atoms with Gasteiger partial charge in [0.15, 0.2) is 0 Å². The summed E-state index contributed by atoms with van der Waals surface area (Å²) in [6.07, 6.45) is 2.69. The first-order valence-electron chi connectivity index (χ1n) is 4.34. The zero-order valence-corrected chi connectivity index (χ0v) is 8.43. The third kappa shape index (κ3) is 3.20. The van der Waals surface area contributed by atoms with E-state index in [1.165, 1.54) is 0 Å². The molecule has 0 aliphatic rings. The van der Waals surface area contributed by atoms with Crippen LogP contribution in [0.3, 0.4) is 0 Å². The lowest BCUT2D eigenvalue weighted by molar-refractivity contribution is 0.675. The first-order valence-corrected chi connectivity index (χ1v) is 4.72. The molecule has 0 spiro atoms. The minimum absolute atomic E-state index is 0.512. The van der Waals surface area contributed by atoms with Gasteiger partial charge in [0.1, 0.15) is 5.82 Å². The van der Waals surface area contributed by atoms with Crippen LogP contribution in [0.15, 0.2) is 12.3 Å². The molecule has 0 bridgehead atoms. The Morgan fingerprint density at radius 3 is 3.08 bits per heavy atom. The van der Waals surface area contributed by atoms with Gasteiger partial charge in [-0.15, -0.1) is 0 Å². The predicted octanol–water partition coefficient (Wildman–Crippen LogP) is 1.82. The van der Waals surface area contributed by atoms with Crippen molar-refractivity contribution in [1.29, 1.82) is 0 Å². The summed E-state index contributed by atoms with van der Waals surface area (Å²) in [6, 6.07) is 1.80. The smallest absolute Gasteiger partial charge is 0.123 e. The molecule has 0 saturated carbocycles. The zero-order chi connectivity index (χ0) is 9.68. The van der Waals surface area contributed by atoms with E-state index in [9.17, 15) is 0 Å². The highest BCUT2D eigenvalue weighted by Crippen LogP contribution is 2.15. The van der Waals surface area contributed by atoms with E-state index in [0.717, 1.165) is 25.1 Å². The number of nitrogens with one attached hydrogen (secondary N) is 1. The van der Waals surface area contributed by atoms with Gasteiger partial charge in [0.25, 0.3) is 0 Å². The van der Waals surface area contributed by atoms with Crippen LogP contribution in [0.5, 0.6) is 0 Å². The quantitative estimate of drug-likeness (QED) is 0.728. The van der Waals surface area contributed by atoms with E-state index in [4.69, 9.17) is 17.3 Å². The SMILES string of the molecule is CCCNCc1cc(N)ncc1Cl. The van der Waals surface area contributed by atoms with Crippen LogP contribution < -0.4 is 11.1 Å². The molecule has 1 heterocycles. The maximum absolute atomic E-state index is 5.92. The Morgan fingerprint density at radius 1 is 1.62 bits per heavy atom. The van der Waals surface area contributed by atoms with Gasteiger partial charge >= 0.3 is 0 Å². The number of aromatic nitrogens is 1. The predicted molar refractivity (Wildman–Crippen MR) is 55.7 cm³/mol. The van der Waals surface area contributed by atoms with E-state index >= 15 is 0 Å². The fraction of sp³-hybridized carbons (Fsp3) is 0.444. The third-order valence-electron chi connectivity index (χ3n) is 1.70. The van der Waals surface area contributed by atoms with Crippen LogP contribution in [-0.2, 0) is 6.54 Å². The molecule has 72 valence electrons. The van der Waals surface area contributed by atoms with Crippen molar-refractivity contribution in [2.24, 2.45) is 0 Å². The molecule has 0 fully saturated rings. The molecule has 3 N–H and O–H groups in total. The Bertz CT molecular complexity index is 276. The van der Waals surface area contributed by atoms with Crippen LogP contribution >= 0.6 is 11.6 Å². The first kappa shape index (κ1) is 10.3. The summed E-state index contributed by atoms with van der Waals surface area (Å²) < 4.78 is 0. The lowest BCUT2D eigenvalue weighted by Gasteiger charge is -2.05. The van der Waals surface area contributed by atoms with Crippen LogP contribution in [0.4, 0.5) is 5.82 Å². The number of pyridine rings is 1. The van der Waals surface area contributed by atoms with E-state index in [1.54, 1.807) is 12.3 Å². The van der Waals surface area contributed by atoms with E-state index in [2.05, 4.69) is 17.2 Å². The van der Waals surface area contributed by atoms with Gasteiger partial charge < -0.3 is 11.1 Å². The summed E-state index contributed by atoms with van der Waals surface area (Å²) in [4.78, 5) is 3.89. The Balaban J connectivity index is 2.59. The van der Waals surface area contributed by atoms with Gasteiger partial charge in [-0.3, -0.25) is 0 Å². The molecule has 0 aliphatic carbocycles. The molecule has 3 nitrogen and oxygen atoms in total. The van der Waals surface area contributed by atoms with E-state index in [1.807, 2.05) is 0 Å². The number of hydrogen-bond acceptors (Lipinski definition) is 3. The second-order valence-corrected chi connectivity index (χ2v) is 3.28. The lowest BCUT2D eigenvalue weighted by atomic mass is 10.2. The van der Waals surface area contributed by atoms with Gasteiger partial charge in [-0.2, -0.15) is 0 Å². The molecule has 0 aliphatic heterocycles. The van der Waals surface area contributed by atoms with Crippen molar-refractivity contribution in [3.05, 3.63) is 22.8 Å². The number of halogens is 1. The van der Waals surface area contributed by atoms with Crippen molar-refractivity contribution in [3.8, 4) is 0 Å². The van der Waals surface area contributed by atoms with Crippen LogP contribution in [0.1, 0.15) is 18.9 Å². The minimum atomic E-state index is 0.512. The third-order valence-corrected chi connectivity index (χ3v) is 2.04. The van der Waals surface area contributed by atoms with Crippen LogP contribution in [-0.4, -0.2) is 11.5 Å². The highest BCUT2D eigenvalue weighted by molar-refractivity contribution is 6.31. The summed E-state index contributed by atoms with van der Waals surface area (Å²) in [5, 5.41) is 3.92. The van der Waals surface area contributed by atoms with Crippen molar-refractivity contribution in [2.45, 2.75) is 19.9 Å². The summed E-state index contributed by atoms with van der Waals surface area (Å²) in [5.41, 5.74) is 6.54. The standard InChI is InChI=1S/C9H14ClN3/c1-2-3-12-5-7-4-9(11)13-6-8(7)10/h4,6,12H,2-3,5H2,1H3,(H2,11,13). The summed E-state index contributed by atoms with van der Waals surface area (Å²) in [6.45, 7) is 3.85. The van der Waals surface area contributed by atoms with Gasteiger partial charge in [-0.25, -0.2) is 4.98 Å². The molecule has 13 heavy (non-hydrogen) atoms. The second-order valence-electron chi connectivity index (χ2n) is 2.88. The van der Waals surface area contributed by atoms with E-state index in [0.29, 0.717) is 10.8 Å². The van der Waals surface area contributed by atoms with Crippen LogP contribution in [0, 0.1) is 0 Å². The molecule has 0 saturated heterocycles. The maximum Gasteiger partial charge on any atom is 0.123 e. The molecule has 0 unspecified atom stereocenters. The van der Waals surface area contributed by atoms with E-state index in [-0.39, 0.29) is 0 Å². The van der Waals surface area contributed by atoms with Crippen molar-refractivity contribution in [1.82, 2.24) is 10.3 Å². The molecule has 0 aromatic carbocycles. The second kappa shape index (κ2) is 5.04. The van der Waals surface area contributed by atoms with Crippen molar-refractivity contribution in [2.75, 3.05) is 12.3 Å². The maximum atomic E-state index is 5.92. The fourth-order valence-corrected chi connectivity index (χ4v) is 1.20. The zero-order valence-electron chi connectivity index (χ0n) is 7.68.